The predicted octanol–water partition coefficient (Wildman–Crippen LogP) is 5.34. The van der Waals surface area contributed by atoms with Crippen molar-refractivity contribution in [1.82, 2.24) is 14.1 Å². The summed E-state index contributed by atoms with van der Waals surface area (Å²) in [5, 5.41) is 9.81. The molecule has 0 aliphatic rings. The van der Waals surface area contributed by atoms with E-state index in [1.165, 1.54) is 0 Å². The van der Waals surface area contributed by atoms with E-state index in [-0.39, 0.29) is 0 Å². The molecule has 0 unspecified atom stereocenters. The van der Waals surface area contributed by atoms with Gasteiger partial charge in [-0.2, -0.15) is 0 Å². The molecule has 0 aliphatic heterocycles. The third-order valence-corrected chi connectivity index (χ3v) is 5.50. The lowest BCUT2D eigenvalue weighted by molar-refractivity contribution is 0.301. The highest BCUT2D eigenvalue weighted by Crippen LogP contribution is 2.27. The predicted molar refractivity (Wildman–Crippen MR) is 120 cm³/mol. The zero-order chi connectivity index (χ0) is 20.9. The summed E-state index contributed by atoms with van der Waals surface area (Å²) < 4.78 is 9.87. The van der Waals surface area contributed by atoms with Crippen LogP contribution in [0.4, 0.5) is 0 Å². The Balaban J connectivity index is 1.47. The van der Waals surface area contributed by atoms with Gasteiger partial charge >= 0.3 is 0 Å². The number of nitrogens with one attached hydrogen (secondary N) is 1. The van der Waals surface area contributed by atoms with Gasteiger partial charge in [-0.3, -0.25) is 10.4 Å². The Labute approximate surface area is 185 Å². The van der Waals surface area contributed by atoms with Crippen molar-refractivity contribution in [3.8, 4) is 5.75 Å². The normalized spacial score (nSPS) is 11.1. The fourth-order valence-electron chi connectivity index (χ4n) is 3.52. The third-order valence-electron chi connectivity index (χ3n) is 4.97. The van der Waals surface area contributed by atoms with Gasteiger partial charge in [-0.15, -0.1) is 0 Å². The second kappa shape index (κ2) is 9.37. The SMILES string of the molecule is N=c1n(CCCOc2ccc(Cl)cc2Cl)c2ccccc2n1CCc1ccccn1. The van der Waals surface area contributed by atoms with E-state index in [0.29, 0.717) is 41.1 Å². The van der Waals surface area contributed by atoms with Gasteiger partial charge in [0, 0.05) is 36.4 Å². The Morgan fingerprint density at radius 2 is 1.63 bits per heavy atom. The Morgan fingerprint density at radius 1 is 0.900 bits per heavy atom. The number of hydrogen-bond acceptors (Lipinski definition) is 3. The molecule has 4 aromatic rings. The molecule has 4 rings (SSSR count). The molecule has 0 aliphatic carbocycles. The Morgan fingerprint density at radius 3 is 2.33 bits per heavy atom. The van der Waals surface area contributed by atoms with E-state index < -0.39 is 0 Å². The molecule has 2 heterocycles. The van der Waals surface area contributed by atoms with Crippen LogP contribution < -0.4 is 10.4 Å². The van der Waals surface area contributed by atoms with Crippen LogP contribution in [0.1, 0.15) is 12.1 Å². The van der Waals surface area contributed by atoms with Crippen LogP contribution in [0.25, 0.3) is 11.0 Å². The van der Waals surface area contributed by atoms with Crippen LogP contribution in [0.3, 0.4) is 0 Å². The second-order valence-corrected chi connectivity index (χ2v) is 7.81. The molecule has 0 atom stereocenters. The van der Waals surface area contributed by atoms with Crippen molar-refractivity contribution >= 4 is 34.2 Å². The zero-order valence-corrected chi connectivity index (χ0v) is 17.9. The number of imidazole rings is 1. The van der Waals surface area contributed by atoms with Crippen LogP contribution in [0.5, 0.6) is 5.75 Å². The minimum Gasteiger partial charge on any atom is -0.492 e. The summed E-state index contributed by atoms with van der Waals surface area (Å²) in [5.41, 5.74) is 3.61. The summed E-state index contributed by atoms with van der Waals surface area (Å²) >= 11 is 12.1. The molecule has 154 valence electrons. The lowest BCUT2D eigenvalue weighted by Gasteiger charge is -2.09. The summed E-state index contributed by atoms with van der Waals surface area (Å²) in [7, 11) is 0. The number of ether oxygens (including phenoxy) is 1. The number of aromatic nitrogens is 3. The van der Waals surface area contributed by atoms with Crippen molar-refractivity contribution in [2.24, 2.45) is 0 Å². The zero-order valence-electron chi connectivity index (χ0n) is 16.4. The maximum atomic E-state index is 8.73. The second-order valence-electron chi connectivity index (χ2n) is 6.96. The van der Waals surface area contributed by atoms with E-state index in [2.05, 4.69) is 17.1 Å². The highest BCUT2D eigenvalue weighted by atomic mass is 35.5. The smallest absolute Gasteiger partial charge is 0.203 e. The highest BCUT2D eigenvalue weighted by molar-refractivity contribution is 6.35. The molecule has 0 bridgehead atoms. The van der Waals surface area contributed by atoms with Crippen LogP contribution in [-0.2, 0) is 19.5 Å². The maximum Gasteiger partial charge on any atom is 0.203 e. The number of fused-ring (bicyclic) bond motifs is 1. The first-order valence-corrected chi connectivity index (χ1v) is 10.6. The Kier molecular flexibility index (Phi) is 6.41. The molecule has 0 radical (unpaired) electrons. The van der Waals surface area contributed by atoms with E-state index in [4.69, 9.17) is 33.3 Å². The number of pyridine rings is 1. The average Bonchev–Trinajstić information content (AvgIpc) is 3.02. The van der Waals surface area contributed by atoms with E-state index in [9.17, 15) is 0 Å². The molecule has 5 nitrogen and oxygen atoms in total. The van der Waals surface area contributed by atoms with Crippen molar-refractivity contribution in [2.45, 2.75) is 25.9 Å². The first-order valence-electron chi connectivity index (χ1n) is 9.84. The van der Waals surface area contributed by atoms with Crippen LogP contribution in [0.15, 0.2) is 66.9 Å². The number of rotatable bonds is 8. The molecule has 0 spiro atoms. The number of para-hydroxylation sites is 2. The first kappa shape index (κ1) is 20.5. The largest absolute Gasteiger partial charge is 0.492 e. The fraction of sp³-hybridized carbons (Fsp3) is 0.217. The molecule has 0 amide bonds. The van der Waals surface area contributed by atoms with Gasteiger partial charge in [0.1, 0.15) is 5.75 Å². The van der Waals surface area contributed by atoms with Crippen molar-refractivity contribution in [3.63, 3.8) is 0 Å². The molecule has 30 heavy (non-hydrogen) atoms. The summed E-state index contributed by atoms with van der Waals surface area (Å²) in [6.07, 6.45) is 3.34. The van der Waals surface area contributed by atoms with E-state index in [1.54, 1.807) is 24.4 Å². The van der Waals surface area contributed by atoms with Gasteiger partial charge in [-0.1, -0.05) is 41.4 Å². The van der Waals surface area contributed by atoms with Gasteiger partial charge in [0.25, 0.3) is 0 Å². The van der Waals surface area contributed by atoms with Crippen LogP contribution in [0, 0.1) is 5.41 Å². The standard InChI is InChI=1S/C23H22Cl2N4O/c24-17-9-10-22(19(25)16-17)30-15-5-13-28-20-7-1-2-8-21(20)29(23(28)26)14-11-18-6-3-4-12-27-18/h1-4,6-10,12,16,26H,5,11,13-15H2. The van der Waals surface area contributed by atoms with Gasteiger partial charge in [0.05, 0.1) is 22.7 Å². The molecule has 1 N–H and O–H groups in total. The summed E-state index contributed by atoms with van der Waals surface area (Å²) in [4.78, 5) is 4.40. The van der Waals surface area contributed by atoms with E-state index in [0.717, 1.165) is 29.6 Å². The van der Waals surface area contributed by atoms with Gasteiger partial charge < -0.3 is 13.9 Å². The lowest BCUT2D eigenvalue weighted by Crippen LogP contribution is -2.26. The van der Waals surface area contributed by atoms with Crippen LogP contribution >= 0.6 is 23.2 Å². The topological polar surface area (TPSA) is 55.8 Å². The molecule has 0 saturated carbocycles. The van der Waals surface area contributed by atoms with E-state index in [1.807, 2.05) is 39.5 Å². The van der Waals surface area contributed by atoms with Crippen molar-refractivity contribution in [2.75, 3.05) is 6.61 Å². The molecule has 0 fully saturated rings. The lowest BCUT2D eigenvalue weighted by atomic mass is 10.2. The van der Waals surface area contributed by atoms with Gasteiger partial charge in [-0.25, -0.2) is 0 Å². The van der Waals surface area contributed by atoms with Crippen molar-refractivity contribution in [1.29, 1.82) is 5.41 Å². The summed E-state index contributed by atoms with van der Waals surface area (Å²) in [6.45, 7) is 1.89. The number of benzene rings is 2. The average molecular weight is 441 g/mol. The summed E-state index contributed by atoms with van der Waals surface area (Å²) in [6, 6.07) is 19.3. The van der Waals surface area contributed by atoms with Crippen molar-refractivity contribution in [3.05, 3.63) is 88.2 Å². The Bertz CT molecular complexity index is 1200. The minimum absolute atomic E-state index is 0.483. The van der Waals surface area contributed by atoms with Gasteiger partial charge in [-0.05, 0) is 48.9 Å². The number of aryl methyl sites for hydroxylation is 3. The molecule has 2 aromatic carbocycles. The number of halogens is 2. The van der Waals surface area contributed by atoms with Crippen LogP contribution in [0.2, 0.25) is 10.0 Å². The minimum atomic E-state index is 0.483. The number of nitrogens with zero attached hydrogens (tertiary/aromatic N) is 3. The maximum absolute atomic E-state index is 8.73. The highest BCUT2D eigenvalue weighted by Gasteiger charge is 2.11. The molecular weight excluding hydrogens is 419 g/mol. The van der Waals surface area contributed by atoms with Gasteiger partial charge in [0.15, 0.2) is 0 Å². The monoisotopic (exact) mass is 440 g/mol. The third kappa shape index (κ3) is 4.53. The van der Waals surface area contributed by atoms with Gasteiger partial charge in [0.2, 0.25) is 5.62 Å². The fourth-order valence-corrected chi connectivity index (χ4v) is 3.98. The summed E-state index contributed by atoms with van der Waals surface area (Å²) in [5.74, 6) is 0.620. The molecule has 2 aromatic heterocycles. The molecule has 7 heteroatoms. The van der Waals surface area contributed by atoms with Crippen molar-refractivity contribution < 1.29 is 4.74 Å². The molecular formula is C23H22Cl2N4O. The number of hydrogen-bond donors (Lipinski definition) is 1. The van der Waals surface area contributed by atoms with E-state index >= 15 is 0 Å². The molecule has 0 saturated heterocycles. The quantitative estimate of drug-likeness (QED) is 0.376. The Hall–Kier alpha value is -2.76. The van der Waals surface area contributed by atoms with Crippen LogP contribution in [-0.4, -0.2) is 20.7 Å². The first-order chi connectivity index (χ1) is 14.6.